The lowest BCUT2D eigenvalue weighted by atomic mass is 10.0. The minimum atomic E-state index is -0.176. The Labute approximate surface area is 118 Å². The van der Waals surface area contributed by atoms with Crippen LogP contribution in [0.15, 0.2) is 46.9 Å². The molecule has 0 saturated heterocycles. The zero-order valence-electron chi connectivity index (χ0n) is 11.2. The van der Waals surface area contributed by atoms with E-state index in [1.807, 2.05) is 18.2 Å². The van der Waals surface area contributed by atoms with E-state index in [2.05, 4.69) is 17.4 Å². The van der Waals surface area contributed by atoms with E-state index in [9.17, 15) is 4.79 Å². The van der Waals surface area contributed by atoms with E-state index in [-0.39, 0.29) is 11.9 Å². The van der Waals surface area contributed by atoms with Crippen molar-refractivity contribution in [2.45, 2.75) is 25.4 Å². The second kappa shape index (κ2) is 5.51. The highest BCUT2D eigenvalue weighted by Gasteiger charge is 2.33. The Morgan fingerprint density at radius 3 is 2.60 bits per heavy atom. The van der Waals surface area contributed by atoms with Gasteiger partial charge < -0.3 is 15.5 Å². The minimum Gasteiger partial charge on any atom is -0.455 e. The molecule has 1 fully saturated rings. The Hall–Kier alpha value is -2.07. The van der Waals surface area contributed by atoms with Crippen LogP contribution in [-0.4, -0.2) is 5.91 Å². The van der Waals surface area contributed by atoms with Gasteiger partial charge in [0.2, 0.25) is 0 Å². The molecule has 1 saturated carbocycles. The van der Waals surface area contributed by atoms with Gasteiger partial charge in [-0.2, -0.15) is 0 Å². The molecule has 1 aliphatic carbocycles. The van der Waals surface area contributed by atoms with Gasteiger partial charge in [-0.1, -0.05) is 30.3 Å². The Kier molecular flexibility index (Phi) is 3.56. The van der Waals surface area contributed by atoms with Crippen LogP contribution in [0.5, 0.6) is 0 Å². The summed E-state index contributed by atoms with van der Waals surface area (Å²) in [4.78, 5) is 12.2. The van der Waals surface area contributed by atoms with Gasteiger partial charge in [-0.05, 0) is 36.5 Å². The van der Waals surface area contributed by atoms with Crippen molar-refractivity contribution < 1.29 is 9.21 Å². The summed E-state index contributed by atoms with van der Waals surface area (Å²) in [7, 11) is 0. The fourth-order valence-corrected chi connectivity index (χ4v) is 2.39. The van der Waals surface area contributed by atoms with Gasteiger partial charge >= 0.3 is 0 Å². The van der Waals surface area contributed by atoms with Crippen molar-refractivity contribution in [3.8, 4) is 0 Å². The van der Waals surface area contributed by atoms with E-state index < -0.39 is 0 Å². The molecule has 1 aliphatic rings. The second-order valence-electron chi connectivity index (χ2n) is 5.17. The lowest BCUT2D eigenvalue weighted by Crippen LogP contribution is -2.29. The molecule has 0 aliphatic heterocycles. The summed E-state index contributed by atoms with van der Waals surface area (Å²) in [5.74, 6) is 1.31. The van der Waals surface area contributed by atoms with E-state index >= 15 is 0 Å². The van der Waals surface area contributed by atoms with Crippen molar-refractivity contribution in [1.82, 2.24) is 5.32 Å². The first-order valence-corrected chi connectivity index (χ1v) is 6.92. The summed E-state index contributed by atoms with van der Waals surface area (Å²) in [5, 5.41) is 3.08. The molecule has 104 valence electrons. The number of hydrogen-bond donors (Lipinski definition) is 2. The molecule has 1 amide bonds. The van der Waals surface area contributed by atoms with Gasteiger partial charge in [0.15, 0.2) is 5.76 Å². The third-order valence-corrected chi connectivity index (χ3v) is 3.63. The fraction of sp³-hybridized carbons (Fsp3) is 0.312. The largest absolute Gasteiger partial charge is 0.455 e. The van der Waals surface area contributed by atoms with Crippen molar-refractivity contribution in [1.29, 1.82) is 0 Å². The quantitative estimate of drug-likeness (QED) is 0.877. The average Bonchev–Trinajstić information content (AvgIpc) is 3.21. The summed E-state index contributed by atoms with van der Waals surface area (Å²) >= 11 is 0. The predicted octanol–water partition coefficient (Wildman–Crippen LogP) is 2.62. The third kappa shape index (κ3) is 2.75. The average molecular weight is 270 g/mol. The molecule has 2 aromatic rings. The number of rotatable bonds is 5. The number of benzene rings is 1. The van der Waals surface area contributed by atoms with Crippen molar-refractivity contribution >= 4 is 5.91 Å². The molecule has 1 unspecified atom stereocenters. The highest BCUT2D eigenvalue weighted by Crippen LogP contribution is 2.41. The lowest BCUT2D eigenvalue weighted by Gasteiger charge is -2.18. The first-order valence-electron chi connectivity index (χ1n) is 6.92. The second-order valence-corrected chi connectivity index (χ2v) is 5.17. The Bertz CT molecular complexity index is 588. The highest BCUT2D eigenvalue weighted by atomic mass is 16.4. The number of carbonyl (C=O) groups is 1. The first kappa shape index (κ1) is 12.9. The monoisotopic (exact) mass is 270 g/mol. The van der Waals surface area contributed by atoms with Crippen LogP contribution < -0.4 is 11.1 Å². The van der Waals surface area contributed by atoms with Gasteiger partial charge in [0.25, 0.3) is 5.91 Å². The molecule has 1 heterocycles. The normalized spacial score (nSPS) is 15.8. The summed E-state index contributed by atoms with van der Waals surface area (Å²) in [5.41, 5.74) is 6.64. The zero-order chi connectivity index (χ0) is 13.9. The molecule has 1 atom stereocenters. The maximum absolute atomic E-state index is 12.2. The summed E-state index contributed by atoms with van der Waals surface area (Å²) in [6.07, 6.45) is 2.32. The predicted molar refractivity (Wildman–Crippen MR) is 76.0 cm³/mol. The van der Waals surface area contributed by atoms with E-state index in [0.717, 1.165) is 18.4 Å². The van der Waals surface area contributed by atoms with Crippen LogP contribution in [0.1, 0.15) is 40.8 Å². The van der Waals surface area contributed by atoms with Crippen LogP contribution in [0.25, 0.3) is 0 Å². The number of nitrogens with one attached hydrogen (secondary N) is 1. The van der Waals surface area contributed by atoms with E-state index in [4.69, 9.17) is 10.2 Å². The standard InChI is InChI=1S/C16H18N2O2/c17-10-13-8-9-14(20-13)16(19)18-15(12-6-7-12)11-4-2-1-3-5-11/h1-5,8-9,12,15H,6-7,10,17H2,(H,18,19). The van der Waals surface area contributed by atoms with Crippen LogP contribution >= 0.6 is 0 Å². The van der Waals surface area contributed by atoms with Gasteiger partial charge in [-0.3, -0.25) is 4.79 Å². The number of nitrogens with two attached hydrogens (primary N) is 1. The summed E-state index contributed by atoms with van der Waals surface area (Å²) < 4.78 is 5.39. The van der Waals surface area contributed by atoms with Crippen LogP contribution in [0, 0.1) is 5.92 Å². The molecule has 1 aromatic carbocycles. The lowest BCUT2D eigenvalue weighted by molar-refractivity contribution is 0.0902. The van der Waals surface area contributed by atoms with Gasteiger partial charge in [0, 0.05) is 0 Å². The van der Waals surface area contributed by atoms with Gasteiger partial charge in [0.05, 0.1) is 12.6 Å². The fourth-order valence-electron chi connectivity index (χ4n) is 2.39. The summed E-state index contributed by atoms with van der Waals surface area (Å²) in [6, 6.07) is 13.6. The third-order valence-electron chi connectivity index (χ3n) is 3.63. The Morgan fingerprint density at radius 1 is 1.25 bits per heavy atom. The minimum absolute atomic E-state index is 0.0649. The molecule has 4 heteroatoms. The molecular formula is C16H18N2O2. The SMILES string of the molecule is NCc1ccc(C(=O)NC(c2ccccc2)C2CC2)o1. The molecule has 1 aromatic heterocycles. The van der Waals surface area contributed by atoms with Crippen molar-refractivity contribution in [2.75, 3.05) is 0 Å². The summed E-state index contributed by atoms with van der Waals surface area (Å²) in [6.45, 7) is 0.304. The maximum Gasteiger partial charge on any atom is 0.287 e. The van der Waals surface area contributed by atoms with Crippen LogP contribution in [-0.2, 0) is 6.54 Å². The molecule has 3 N–H and O–H groups in total. The zero-order valence-corrected chi connectivity index (χ0v) is 11.2. The van der Waals surface area contributed by atoms with Crippen LogP contribution in [0.2, 0.25) is 0 Å². The van der Waals surface area contributed by atoms with Gasteiger partial charge in [-0.15, -0.1) is 0 Å². The molecule has 0 spiro atoms. The van der Waals surface area contributed by atoms with E-state index in [1.54, 1.807) is 12.1 Å². The molecule has 3 rings (SSSR count). The molecular weight excluding hydrogens is 252 g/mol. The smallest absolute Gasteiger partial charge is 0.287 e. The van der Waals surface area contributed by atoms with E-state index in [0.29, 0.717) is 24.0 Å². The Morgan fingerprint density at radius 2 is 2.00 bits per heavy atom. The van der Waals surface area contributed by atoms with Crippen LogP contribution in [0.4, 0.5) is 0 Å². The molecule has 0 bridgehead atoms. The number of hydrogen-bond acceptors (Lipinski definition) is 3. The number of furan rings is 1. The number of amides is 1. The highest BCUT2D eigenvalue weighted by molar-refractivity contribution is 5.91. The molecule has 0 radical (unpaired) electrons. The van der Waals surface area contributed by atoms with Gasteiger partial charge in [0.1, 0.15) is 5.76 Å². The van der Waals surface area contributed by atoms with Gasteiger partial charge in [-0.25, -0.2) is 0 Å². The topological polar surface area (TPSA) is 68.3 Å². The van der Waals surface area contributed by atoms with Crippen LogP contribution in [0.3, 0.4) is 0 Å². The molecule has 20 heavy (non-hydrogen) atoms. The molecule has 4 nitrogen and oxygen atoms in total. The maximum atomic E-state index is 12.2. The van der Waals surface area contributed by atoms with E-state index in [1.165, 1.54) is 0 Å². The van der Waals surface area contributed by atoms with Crippen molar-refractivity contribution in [3.63, 3.8) is 0 Å². The number of carbonyl (C=O) groups excluding carboxylic acids is 1. The van der Waals surface area contributed by atoms with Crippen molar-refractivity contribution in [3.05, 3.63) is 59.5 Å². The Balaban J connectivity index is 1.75. The first-order chi connectivity index (χ1) is 9.78. The van der Waals surface area contributed by atoms with Crippen molar-refractivity contribution in [2.24, 2.45) is 11.7 Å².